The summed E-state index contributed by atoms with van der Waals surface area (Å²) >= 11 is 1.87. The van der Waals surface area contributed by atoms with Crippen molar-refractivity contribution in [3.8, 4) is 11.5 Å². The summed E-state index contributed by atoms with van der Waals surface area (Å²) in [6.45, 7) is 13.2. The smallest absolute Gasteiger partial charge is 0.405 e. The second-order valence-electron chi connectivity index (χ2n) is 25.1. The Morgan fingerprint density at radius 1 is 0.755 bits per heavy atom. The first-order valence-corrected chi connectivity index (χ1v) is 35.9. The molecule has 102 heavy (non-hydrogen) atoms. The molecule has 0 spiro atoms. The van der Waals surface area contributed by atoms with Crippen LogP contribution in [0.4, 0.5) is 15.3 Å². The van der Waals surface area contributed by atoms with Crippen molar-refractivity contribution in [2.24, 2.45) is 17.6 Å². The molecule has 1 aromatic rings. The molecular formula is C70H107N9O22S. The summed E-state index contributed by atoms with van der Waals surface area (Å²) in [7, 11) is 4.27. The van der Waals surface area contributed by atoms with E-state index in [4.69, 9.17) is 57.8 Å². The van der Waals surface area contributed by atoms with Crippen LogP contribution < -0.4 is 52.4 Å². The number of aliphatic hydroxyl groups is 1. The molecular weight excluding hydrogens is 1350 g/mol. The molecule has 0 aromatic heterocycles. The largest absolute Gasteiger partial charge is 0.493 e. The van der Waals surface area contributed by atoms with E-state index in [1.54, 1.807) is 32.9 Å². The molecule has 4 unspecified atom stereocenters. The number of aliphatic hydroxyl groups excluding tert-OH is 1. The third-order valence-corrected chi connectivity index (χ3v) is 18.6. The normalized spacial score (nSPS) is 23.4. The number of hydrogen-bond donors (Lipinski definition) is 9. The highest BCUT2D eigenvalue weighted by molar-refractivity contribution is 8.00. The molecule has 31 nitrogen and oxygen atoms in total. The number of carbonyl (C=O) groups excluding carboxylic acids is 8. The molecule has 5 rings (SSSR count). The van der Waals surface area contributed by atoms with Crippen molar-refractivity contribution in [3.05, 3.63) is 86.3 Å². The zero-order valence-corrected chi connectivity index (χ0v) is 60.9. The van der Waals surface area contributed by atoms with Gasteiger partial charge in [0.05, 0.1) is 138 Å². The Morgan fingerprint density at radius 2 is 1.39 bits per heavy atom. The van der Waals surface area contributed by atoms with Gasteiger partial charge in [-0.25, -0.2) is 9.59 Å². The van der Waals surface area contributed by atoms with E-state index in [-0.39, 0.29) is 159 Å². The number of ether oxygens (including phenoxy) is 11. The number of hydrogen-bond acceptors (Lipinski definition) is 24. The molecule has 3 heterocycles. The third-order valence-electron chi connectivity index (χ3n) is 17.1. The first-order chi connectivity index (χ1) is 49.0. The Balaban J connectivity index is 0.897. The Bertz CT molecular complexity index is 3070. The van der Waals surface area contributed by atoms with Crippen LogP contribution in [-0.4, -0.2) is 232 Å². The molecule has 3 aliphatic heterocycles. The first kappa shape index (κ1) is 85.1. The number of unbranched alkanes of at least 4 members (excludes halogenated alkanes) is 1. The van der Waals surface area contributed by atoms with Gasteiger partial charge in [-0.2, -0.15) is 11.8 Å². The van der Waals surface area contributed by atoms with E-state index in [1.165, 1.54) is 52.5 Å². The lowest BCUT2D eigenvalue weighted by molar-refractivity contribution is -0.385. The molecule has 2 saturated heterocycles. The van der Waals surface area contributed by atoms with Gasteiger partial charge in [0.25, 0.3) is 11.6 Å². The van der Waals surface area contributed by atoms with E-state index >= 15 is 0 Å². The number of allylic oxidation sites excluding steroid dienone is 4. The number of nitro benzene ring substituents is 1. The van der Waals surface area contributed by atoms with Gasteiger partial charge < -0.3 is 100 Å². The number of methoxy groups -OCH3 is 3. The number of nitrogens with two attached hydrogens (primary N) is 1. The fourth-order valence-electron chi connectivity index (χ4n) is 11.7. The van der Waals surface area contributed by atoms with Crippen LogP contribution >= 0.6 is 11.8 Å². The first-order valence-electron chi connectivity index (χ1n) is 34.8. The monoisotopic (exact) mass is 1460 g/mol. The third kappa shape index (κ3) is 30.0. The molecule has 10 atom stereocenters. The van der Waals surface area contributed by atoms with Crippen LogP contribution in [0.15, 0.2) is 70.6 Å². The number of carbonyl (C=O) groups is 8. The van der Waals surface area contributed by atoms with Gasteiger partial charge in [0, 0.05) is 100 Å². The molecule has 2 bridgehead atoms. The van der Waals surface area contributed by atoms with Gasteiger partial charge in [0.2, 0.25) is 29.3 Å². The lowest BCUT2D eigenvalue weighted by Gasteiger charge is -2.30. The molecule has 2 fully saturated rings. The Hall–Kier alpha value is -7.53. The number of amides is 7. The zero-order chi connectivity index (χ0) is 74.3. The van der Waals surface area contributed by atoms with Gasteiger partial charge in [0.1, 0.15) is 6.10 Å². The zero-order valence-electron chi connectivity index (χ0n) is 60.1. The summed E-state index contributed by atoms with van der Waals surface area (Å²) in [5, 5.41) is 44.2. The molecule has 0 radical (unpaired) electrons. The fourth-order valence-corrected chi connectivity index (χ4v) is 13.2. The minimum absolute atomic E-state index is 0.00156. The van der Waals surface area contributed by atoms with Gasteiger partial charge in [-0.1, -0.05) is 44.6 Å². The SMILES string of the molecule is COc1cc(C(C)NC(=O)CCOCCOCCOCCOCCNC(=O)CCCC[C@H]2SCC3NC(=O)NC32)c([N+](=O)[O-])cc1OCCCC(=O)NCCCOCCOCCCNC1=C2C[C@H](C)C[C@@H](OC)[C@@H](O)[C@H](C)/C=C(\C)[C@@H](OC(N)=O)C(OC)/C=C\C=C(/C)C(=O)NC(=CC1=O)C2=O. The molecule has 1 aliphatic carbocycles. The molecule has 1 aromatic carbocycles. The number of nitrogens with one attached hydrogen (secondary N) is 7. The summed E-state index contributed by atoms with van der Waals surface area (Å²) in [5.74, 6) is -1.85. The summed E-state index contributed by atoms with van der Waals surface area (Å²) in [6, 6.07) is 2.20. The topological polar surface area (TPSA) is 412 Å². The number of ketones is 2. The van der Waals surface area contributed by atoms with E-state index in [9.17, 15) is 53.6 Å². The van der Waals surface area contributed by atoms with Gasteiger partial charge in [0.15, 0.2) is 17.6 Å². The number of nitrogens with zero attached hydrogens (tertiary/aromatic N) is 1. The Morgan fingerprint density at radius 3 is 2.04 bits per heavy atom. The summed E-state index contributed by atoms with van der Waals surface area (Å²) in [5.41, 5.74) is 6.16. The molecule has 570 valence electrons. The summed E-state index contributed by atoms with van der Waals surface area (Å²) in [6.07, 6.45) is 7.77. The number of nitro groups is 1. The van der Waals surface area contributed by atoms with E-state index in [0.717, 1.165) is 31.1 Å². The Labute approximate surface area is 601 Å². The highest BCUT2D eigenvalue weighted by Crippen LogP contribution is 2.38. The molecule has 4 aliphatic rings. The van der Waals surface area contributed by atoms with Crippen LogP contribution in [0.5, 0.6) is 11.5 Å². The summed E-state index contributed by atoms with van der Waals surface area (Å²) in [4.78, 5) is 114. The van der Waals surface area contributed by atoms with Crippen molar-refractivity contribution in [1.82, 2.24) is 37.2 Å². The maximum Gasteiger partial charge on any atom is 0.405 e. The highest BCUT2D eigenvalue weighted by Gasteiger charge is 2.43. The van der Waals surface area contributed by atoms with Crippen molar-refractivity contribution in [1.29, 1.82) is 0 Å². The minimum Gasteiger partial charge on any atom is -0.493 e. The number of primary amides is 1. The van der Waals surface area contributed by atoms with Crippen LogP contribution in [0.25, 0.3) is 0 Å². The van der Waals surface area contributed by atoms with Crippen LogP contribution in [0.1, 0.15) is 117 Å². The highest BCUT2D eigenvalue weighted by atomic mass is 32.2. The van der Waals surface area contributed by atoms with Crippen molar-refractivity contribution >= 4 is 64.8 Å². The van der Waals surface area contributed by atoms with Gasteiger partial charge >= 0.3 is 12.1 Å². The maximum atomic E-state index is 14.1. The van der Waals surface area contributed by atoms with Crippen LogP contribution in [0.3, 0.4) is 0 Å². The van der Waals surface area contributed by atoms with Crippen LogP contribution in [0.2, 0.25) is 0 Å². The predicted octanol–water partition coefficient (Wildman–Crippen LogP) is 4.53. The van der Waals surface area contributed by atoms with Crippen molar-refractivity contribution in [2.75, 3.05) is 133 Å². The van der Waals surface area contributed by atoms with Crippen LogP contribution in [0, 0.1) is 22.0 Å². The van der Waals surface area contributed by atoms with Gasteiger partial charge in [-0.15, -0.1) is 0 Å². The Kier molecular flexibility index (Phi) is 39.2. The average Bonchev–Trinajstić information content (AvgIpc) is 0.874. The summed E-state index contributed by atoms with van der Waals surface area (Å²) < 4.78 is 61.7. The number of benzene rings is 1. The van der Waals surface area contributed by atoms with Crippen molar-refractivity contribution in [2.45, 2.75) is 153 Å². The fraction of sp³-hybridized carbons (Fsp3) is 0.657. The number of rotatable bonds is 44. The van der Waals surface area contributed by atoms with Crippen molar-refractivity contribution < 1.29 is 100 Å². The molecule has 0 saturated carbocycles. The second kappa shape index (κ2) is 47.0. The second-order valence-corrected chi connectivity index (χ2v) is 26.4. The number of fused-ring (bicyclic) bond motifs is 3. The lowest BCUT2D eigenvalue weighted by atomic mass is 9.85. The minimum atomic E-state index is -1.04. The van der Waals surface area contributed by atoms with E-state index in [0.29, 0.717) is 95.8 Å². The van der Waals surface area contributed by atoms with E-state index in [2.05, 4.69) is 37.2 Å². The quantitative estimate of drug-likeness (QED) is 0.0108. The van der Waals surface area contributed by atoms with E-state index < -0.39 is 64.9 Å². The maximum absolute atomic E-state index is 14.1. The van der Waals surface area contributed by atoms with E-state index in [1.807, 2.05) is 18.7 Å². The number of thioether (sulfide) groups is 1. The van der Waals surface area contributed by atoms with Gasteiger partial charge in [-0.3, -0.25) is 38.9 Å². The van der Waals surface area contributed by atoms with Crippen molar-refractivity contribution in [3.63, 3.8) is 0 Å². The van der Waals surface area contributed by atoms with Crippen LogP contribution in [-0.2, 0) is 71.4 Å². The average molecular weight is 1460 g/mol. The molecule has 7 amide bonds. The molecule has 32 heteroatoms. The predicted molar refractivity (Wildman–Crippen MR) is 377 cm³/mol. The number of Topliss-reactive ketones (excluding diaryl/α,β-unsaturated/α-hetero) is 1. The number of urea groups is 1. The molecule has 10 N–H and O–H groups in total. The standard InChI is InChI=1S/C70H107N9O22S/c1-44-37-50-63(54(80)41-51(66(50)85)76-68(86)45(2)15-11-16-55(91-6)67(101-69(71)87)47(4)39-46(3)65(84)58(38-44)93-8)74-22-14-25-95-30-29-94-24-13-21-72-61(82)19-12-26-100-57-42-53(79(89)90)49(40-56(57)92-7)48(5)75-62(83)20-27-96-31-33-98-35-36-99-34-32-97-28-23-73-60(81)18-10-9-17-59-64-52(43-102-59)77-70(88)78-64/h11,15-16,39-42,44,46,48,52,55,58-59,64-65,67,74,84H,9-10,12-14,17-38,43H2,1-8H3,(H2,71,87)(H,72,82)(H,73,81)(H,75,83)(H,76,86)(H2,77,78,88)/b16-11-,45-15+,47-39+/t44-,46+,48?,52?,55?,58+,59+,64?,65-,67+/m0/s1. The van der Waals surface area contributed by atoms with Gasteiger partial charge in [-0.05, 0) is 83.3 Å². The lowest BCUT2D eigenvalue weighted by Crippen LogP contribution is -2.38.